The van der Waals surface area contributed by atoms with E-state index in [1.807, 2.05) is 36.4 Å². The molecule has 0 aromatic heterocycles. The first-order chi connectivity index (χ1) is 6.77. The van der Waals surface area contributed by atoms with Crippen molar-refractivity contribution in [2.24, 2.45) is 0 Å². The molecule has 0 unspecified atom stereocenters. The van der Waals surface area contributed by atoms with Crippen molar-refractivity contribution in [3.63, 3.8) is 0 Å². The minimum atomic E-state index is 0.769. The van der Waals surface area contributed by atoms with Crippen LogP contribution in [0.2, 0.25) is 5.02 Å². The largest absolute Gasteiger partial charge is 0.0836 e. The molecule has 0 atom stereocenters. The Morgan fingerprint density at radius 2 is 1.64 bits per heavy atom. The summed E-state index contributed by atoms with van der Waals surface area (Å²) in [5, 5.41) is 0.769. The fourth-order valence-electron chi connectivity index (χ4n) is 1.34. The zero-order valence-corrected chi connectivity index (χ0v) is 9.72. The van der Waals surface area contributed by atoms with Crippen molar-refractivity contribution < 1.29 is 0 Å². The second kappa shape index (κ2) is 4.16. The van der Waals surface area contributed by atoms with E-state index >= 15 is 0 Å². The molecule has 0 radical (unpaired) electrons. The van der Waals surface area contributed by atoms with Gasteiger partial charge in [-0.1, -0.05) is 63.9 Å². The first-order valence-corrected chi connectivity index (χ1v) is 5.45. The molecule has 2 rings (SSSR count). The topological polar surface area (TPSA) is 0 Å². The summed E-state index contributed by atoms with van der Waals surface area (Å²) in [7, 11) is 0. The molecule has 2 aromatic rings. The van der Waals surface area contributed by atoms with Gasteiger partial charge in [-0.25, -0.2) is 0 Å². The summed E-state index contributed by atoms with van der Waals surface area (Å²) < 4.78 is 1.00. The van der Waals surface area contributed by atoms with Crippen LogP contribution in [0.3, 0.4) is 0 Å². The first-order valence-electron chi connectivity index (χ1n) is 4.28. The lowest BCUT2D eigenvalue weighted by Gasteiger charge is -2.04. The Balaban J connectivity index is 2.53. The third-order valence-electron chi connectivity index (χ3n) is 2.02. The third kappa shape index (κ3) is 1.99. The second-order valence-corrected chi connectivity index (χ2v) is 4.31. The minimum Gasteiger partial charge on any atom is -0.0836 e. The predicted octanol–water partition coefficient (Wildman–Crippen LogP) is 4.77. The van der Waals surface area contributed by atoms with Crippen LogP contribution < -0.4 is 0 Å². The summed E-state index contributed by atoms with van der Waals surface area (Å²) in [5.41, 5.74) is 2.21. The molecule has 70 valence electrons. The zero-order valence-electron chi connectivity index (χ0n) is 7.37. The van der Waals surface area contributed by atoms with Crippen LogP contribution in [-0.2, 0) is 0 Å². The highest BCUT2D eigenvalue weighted by Gasteiger charge is 2.02. The van der Waals surface area contributed by atoms with Gasteiger partial charge in [-0.05, 0) is 17.7 Å². The van der Waals surface area contributed by atoms with Gasteiger partial charge in [0.2, 0.25) is 0 Å². The highest BCUT2D eigenvalue weighted by atomic mass is 79.9. The highest BCUT2D eigenvalue weighted by molar-refractivity contribution is 9.10. The quantitative estimate of drug-likeness (QED) is 0.698. The fraction of sp³-hybridized carbons (Fsp3) is 0. The lowest BCUT2D eigenvalue weighted by atomic mass is 10.1. The molecule has 0 spiro atoms. The van der Waals surface area contributed by atoms with Crippen LogP contribution in [-0.4, -0.2) is 0 Å². The van der Waals surface area contributed by atoms with E-state index in [-0.39, 0.29) is 0 Å². The molecule has 0 aliphatic heterocycles. The van der Waals surface area contributed by atoms with Gasteiger partial charge >= 0.3 is 0 Å². The van der Waals surface area contributed by atoms with Gasteiger partial charge in [-0.15, -0.1) is 0 Å². The van der Waals surface area contributed by atoms with Gasteiger partial charge in [0.15, 0.2) is 0 Å². The molecule has 0 nitrogen and oxygen atoms in total. The first kappa shape index (κ1) is 9.75. The zero-order chi connectivity index (χ0) is 9.97. The lowest BCUT2D eigenvalue weighted by molar-refractivity contribution is 1.59. The van der Waals surface area contributed by atoms with E-state index in [4.69, 9.17) is 11.6 Å². The Hall–Kier alpha value is -0.790. The van der Waals surface area contributed by atoms with Gasteiger partial charge < -0.3 is 0 Å². The van der Waals surface area contributed by atoms with Crippen LogP contribution in [0.15, 0.2) is 53.0 Å². The van der Waals surface area contributed by atoms with Crippen molar-refractivity contribution in [3.8, 4) is 11.1 Å². The molecule has 0 N–H and O–H groups in total. The van der Waals surface area contributed by atoms with E-state index in [0.29, 0.717) is 0 Å². The standard InChI is InChI=1S/C12H8BrCl/c13-10-6-7-11(12(14)8-10)9-4-2-1-3-5-9/h1-8H. The summed E-state index contributed by atoms with van der Waals surface area (Å²) in [4.78, 5) is 0. The summed E-state index contributed by atoms with van der Waals surface area (Å²) in [6.07, 6.45) is 0. The molecule has 0 bridgehead atoms. The molecule has 0 aliphatic rings. The Labute approximate surface area is 96.7 Å². The second-order valence-electron chi connectivity index (χ2n) is 2.99. The van der Waals surface area contributed by atoms with E-state index < -0.39 is 0 Å². The van der Waals surface area contributed by atoms with E-state index in [2.05, 4.69) is 28.1 Å². The van der Waals surface area contributed by atoms with Crippen molar-refractivity contribution in [1.82, 2.24) is 0 Å². The maximum Gasteiger partial charge on any atom is 0.0495 e. The average Bonchev–Trinajstić information content (AvgIpc) is 2.19. The summed E-state index contributed by atoms with van der Waals surface area (Å²) in [6, 6.07) is 16.0. The molecule has 14 heavy (non-hydrogen) atoms. The number of halogens is 2. The molecular weight excluding hydrogens is 259 g/mol. The summed E-state index contributed by atoms with van der Waals surface area (Å²) >= 11 is 9.52. The van der Waals surface area contributed by atoms with E-state index in [0.717, 1.165) is 20.6 Å². The van der Waals surface area contributed by atoms with E-state index in [1.54, 1.807) is 0 Å². The van der Waals surface area contributed by atoms with Crippen LogP contribution in [0.25, 0.3) is 11.1 Å². The predicted molar refractivity (Wildman–Crippen MR) is 64.6 cm³/mol. The smallest absolute Gasteiger partial charge is 0.0495 e. The molecule has 0 heterocycles. The Morgan fingerprint density at radius 1 is 0.929 bits per heavy atom. The van der Waals surface area contributed by atoms with E-state index in [9.17, 15) is 0 Å². The monoisotopic (exact) mass is 266 g/mol. The number of hydrogen-bond donors (Lipinski definition) is 0. The van der Waals surface area contributed by atoms with Crippen LogP contribution in [0.4, 0.5) is 0 Å². The fourth-order valence-corrected chi connectivity index (χ4v) is 2.12. The molecule has 0 aliphatic carbocycles. The molecule has 2 aromatic carbocycles. The summed E-state index contributed by atoms with van der Waals surface area (Å²) in [5.74, 6) is 0. The SMILES string of the molecule is Clc1cc(Br)ccc1-c1ccccc1. The Bertz CT molecular complexity index is 437. The van der Waals surface area contributed by atoms with Gasteiger partial charge in [0.25, 0.3) is 0 Å². The van der Waals surface area contributed by atoms with Crippen molar-refractivity contribution >= 4 is 27.5 Å². The van der Waals surface area contributed by atoms with E-state index in [1.165, 1.54) is 0 Å². The number of hydrogen-bond acceptors (Lipinski definition) is 0. The van der Waals surface area contributed by atoms with Crippen LogP contribution >= 0.6 is 27.5 Å². The maximum absolute atomic E-state index is 6.13. The minimum absolute atomic E-state index is 0.769. The average molecular weight is 268 g/mol. The normalized spacial score (nSPS) is 10.1. The number of rotatable bonds is 1. The molecule has 0 amide bonds. The number of benzene rings is 2. The Kier molecular flexibility index (Phi) is 2.90. The molecule has 0 saturated carbocycles. The maximum atomic E-state index is 6.13. The van der Waals surface area contributed by atoms with Crippen LogP contribution in [0.5, 0.6) is 0 Å². The van der Waals surface area contributed by atoms with Gasteiger partial charge in [0.05, 0.1) is 0 Å². The van der Waals surface area contributed by atoms with Crippen LogP contribution in [0.1, 0.15) is 0 Å². The van der Waals surface area contributed by atoms with Crippen molar-refractivity contribution in [3.05, 3.63) is 58.0 Å². The van der Waals surface area contributed by atoms with Crippen molar-refractivity contribution in [2.45, 2.75) is 0 Å². The van der Waals surface area contributed by atoms with Gasteiger partial charge in [-0.3, -0.25) is 0 Å². The van der Waals surface area contributed by atoms with Crippen LogP contribution in [0, 0.1) is 0 Å². The van der Waals surface area contributed by atoms with Gasteiger partial charge in [0.1, 0.15) is 0 Å². The van der Waals surface area contributed by atoms with Gasteiger partial charge in [-0.2, -0.15) is 0 Å². The molecule has 2 heteroatoms. The Morgan fingerprint density at radius 3 is 2.29 bits per heavy atom. The molecule has 0 saturated heterocycles. The lowest BCUT2D eigenvalue weighted by Crippen LogP contribution is -1.78. The highest BCUT2D eigenvalue weighted by Crippen LogP contribution is 2.29. The van der Waals surface area contributed by atoms with Crippen molar-refractivity contribution in [1.29, 1.82) is 0 Å². The molecular formula is C12H8BrCl. The van der Waals surface area contributed by atoms with Crippen molar-refractivity contribution in [2.75, 3.05) is 0 Å². The van der Waals surface area contributed by atoms with Gasteiger partial charge in [0, 0.05) is 15.1 Å². The molecule has 0 fully saturated rings. The summed E-state index contributed by atoms with van der Waals surface area (Å²) in [6.45, 7) is 0. The third-order valence-corrected chi connectivity index (χ3v) is 2.82.